The van der Waals surface area contributed by atoms with Crippen LogP contribution in [0.4, 0.5) is 5.13 Å². The minimum absolute atomic E-state index is 0.0341. The van der Waals surface area contributed by atoms with Crippen molar-refractivity contribution in [2.75, 3.05) is 31.0 Å². The summed E-state index contributed by atoms with van der Waals surface area (Å²) < 4.78 is 4.57. The Morgan fingerprint density at radius 3 is 2.86 bits per heavy atom. The van der Waals surface area contributed by atoms with Gasteiger partial charge in [0, 0.05) is 36.1 Å². The van der Waals surface area contributed by atoms with Gasteiger partial charge >= 0.3 is 5.97 Å². The number of carbonyl (C=O) groups is 3. The van der Waals surface area contributed by atoms with Gasteiger partial charge < -0.3 is 26.1 Å². The summed E-state index contributed by atoms with van der Waals surface area (Å²) in [7, 11) is 1.24. The van der Waals surface area contributed by atoms with Crippen LogP contribution in [0.5, 0.6) is 0 Å². The Morgan fingerprint density at radius 1 is 1.40 bits per heavy atom. The number of carboxylic acids is 1. The molecule has 2 aromatic rings. The molecule has 2 amide bonds. The van der Waals surface area contributed by atoms with Gasteiger partial charge in [-0.05, 0) is 5.57 Å². The third kappa shape index (κ3) is 5.25. The molecular weight excluding hydrogens is 541 g/mol. The van der Waals surface area contributed by atoms with Gasteiger partial charge in [-0.15, -0.1) is 22.0 Å². The van der Waals surface area contributed by atoms with Crippen LogP contribution in [0.2, 0.25) is 0 Å². The molecule has 0 saturated carbocycles. The van der Waals surface area contributed by atoms with Gasteiger partial charge in [-0.25, -0.2) is 4.79 Å². The molecule has 0 bridgehead atoms. The normalized spacial score (nSPS) is 19.9. The molecule has 1 fully saturated rings. The Bertz CT molecular complexity index is 1210. The molecule has 2 atom stereocenters. The molecule has 0 radical (unpaired) electrons. The number of aromatic nitrogens is 4. The molecule has 1 saturated heterocycles. The average molecular weight is 559 g/mol. The maximum absolute atomic E-state index is 12.9. The molecule has 35 heavy (non-hydrogen) atoms. The molecule has 2 aliphatic rings. The van der Waals surface area contributed by atoms with E-state index in [4.69, 9.17) is 15.7 Å². The summed E-state index contributed by atoms with van der Waals surface area (Å²) in [6, 6.07) is -0.960. The van der Waals surface area contributed by atoms with E-state index < -0.39 is 29.2 Å². The van der Waals surface area contributed by atoms with E-state index in [0.29, 0.717) is 32.8 Å². The van der Waals surface area contributed by atoms with E-state index in [9.17, 15) is 19.5 Å². The maximum atomic E-state index is 12.9. The van der Waals surface area contributed by atoms with Crippen molar-refractivity contribution in [3.05, 3.63) is 22.1 Å². The third-order valence-corrected chi connectivity index (χ3v) is 8.82. The van der Waals surface area contributed by atoms with E-state index in [1.54, 1.807) is 0 Å². The van der Waals surface area contributed by atoms with E-state index in [0.717, 1.165) is 11.5 Å². The van der Waals surface area contributed by atoms with Gasteiger partial charge in [0.05, 0.1) is 0 Å². The second-order valence-corrected chi connectivity index (χ2v) is 11.1. The van der Waals surface area contributed by atoms with Gasteiger partial charge in [0.15, 0.2) is 9.47 Å². The summed E-state index contributed by atoms with van der Waals surface area (Å²) in [5, 5.41) is 33.3. The standard InChI is InChI=1S/C17H18N8O6S4/c1-31-23-8(11-20-16(18)35-24-11)12(27)19-9-13(28)25-10(15(29)30)6(4-32-14(9)25)5-33-17-22-21-7(34-17)2-3-26/h9,14,26H,2-5H2,1H3,(H,19,27)(H,29,30)(H2,18,20,24)/b23-8+/t9?,14-/m1/s1. The number of hydrogen-bond acceptors (Lipinski definition) is 15. The number of rotatable bonds is 10. The molecular formula is C17H18N8O6S4. The lowest BCUT2D eigenvalue weighted by Gasteiger charge is -2.49. The average Bonchev–Trinajstić information content (AvgIpc) is 3.47. The van der Waals surface area contributed by atoms with E-state index in [2.05, 4.69) is 30.0 Å². The lowest BCUT2D eigenvalue weighted by atomic mass is 10.0. The van der Waals surface area contributed by atoms with Gasteiger partial charge in [0.2, 0.25) is 11.5 Å². The first kappa shape index (κ1) is 25.3. The van der Waals surface area contributed by atoms with Crippen molar-refractivity contribution >= 4 is 75.0 Å². The molecule has 186 valence electrons. The van der Waals surface area contributed by atoms with Crippen molar-refractivity contribution in [2.45, 2.75) is 22.2 Å². The second-order valence-electron chi connectivity index (χ2n) is 6.92. The number of nitrogens with one attached hydrogen (secondary N) is 1. The minimum atomic E-state index is -1.23. The number of nitrogen functional groups attached to an aromatic ring is 1. The number of oxime groups is 1. The van der Waals surface area contributed by atoms with Gasteiger partial charge in [0.25, 0.3) is 11.8 Å². The van der Waals surface area contributed by atoms with Crippen LogP contribution in [-0.2, 0) is 25.6 Å². The molecule has 2 aliphatic heterocycles. The zero-order chi connectivity index (χ0) is 25.1. The predicted octanol–water partition coefficient (Wildman–Crippen LogP) is -0.612. The Morgan fingerprint density at radius 2 is 2.20 bits per heavy atom. The van der Waals surface area contributed by atoms with Gasteiger partial charge in [-0.3, -0.25) is 14.5 Å². The number of hydrogen-bond donors (Lipinski definition) is 4. The molecule has 5 N–H and O–H groups in total. The van der Waals surface area contributed by atoms with Crippen LogP contribution in [0, 0.1) is 0 Å². The van der Waals surface area contributed by atoms with Crippen LogP contribution in [-0.4, -0.2) is 94.8 Å². The first-order valence-electron chi connectivity index (χ1n) is 9.81. The molecule has 4 heterocycles. The zero-order valence-corrected chi connectivity index (χ0v) is 21.2. The van der Waals surface area contributed by atoms with Gasteiger partial charge in [0.1, 0.15) is 29.2 Å². The predicted molar refractivity (Wildman–Crippen MR) is 129 cm³/mol. The number of carbonyl (C=O) groups excluding carboxylic acids is 2. The Kier molecular flexibility index (Phi) is 7.85. The van der Waals surface area contributed by atoms with Crippen molar-refractivity contribution in [3.8, 4) is 0 Å². The topological polar surface area (TPSA) is 206 Å². The Balaban J connectivity index is 1.46. The van der Waals surface area contributed by atoms with Crippen molar-refractivity contribution in [1.29, 1.82) is 0 Å². The summed E-state index contributed by atoms with van der Waals surface area (Å²) in [5.74, 6) is -1.93. The van der Waals surface area contributed by atoms with Crippen molar-refractivity contribution < 1.29 is 29.4 Å². The highest BCUT2D eigenvalue weighted by Crippen LogP contribution is 2.41. The lowest BCUT2D eigenvalue weighted by molar-refractivity contribution is -0.150. The van der Waals surface area contributed by atoms with Crippen LogP contribution in [0.15, 0.2) is 20.8 Å². The summed E-state index contributed by atoms with van der Waals surface area (Å²) in [6.07, 6.45) is 0.400. The highest BCUT2D eigenvalue weighted by Gasteiger charge is 2.54. The molecule has 0 spiro atoms. The number of aliphatic hydroxyl groups excluding tert-OH is 1. The summed E-state index contributed by atoms with van der Waals surface area (Å²) in [5.41, 5.74) is 5.77. The van der Waals surface area contributed by atoms with E-state index >= 15 is 0 Å². The highest BCUT2D eigenvalue weighted by molar-refractivity contribution is 8.01. The van der Waals surface area contributed by atoms with Crippen molar-refractivity contribution in [3.63, 3.8) is 0 Å². The molecule has 0 aromatic carbocycles. The SMILES string of the molecule is CO/N=C(/C(=O)NC1C(=O)N2C(C(=O)O)=C(CSc3nnc(CCO)s3)CS[C@H]12)c1nsc(N)n1. The van der Waals surface area contributed by atoms with Crippen LogP contribution in [0.25, 0.3) is 0 Å². The summed E-state index contributed by atoms with van der Waals surface area (Å²) >= 11 is 4.85. The number of fused-ring (bicyclic) bond motifs is 1. The molecule has 18 heteroatoms. The van der Waals surface area contributed by atoms with Gasteiger partial charge in [-0.1, -0.05) is 28.3 Å². The summed E-state index contributed by atoms with van der Waals surface area (Å²) in [6.45, 7) is -0.0341. The number of thioether (sulfide) groups is 2. The van der Waals surface area contributed by atoms with E-state index in [1.165, 1.54) is 46.9 Å². The first-order chi connectivity index (χ1) is 16.8. The number of anilines is 1. The third-order valence-electron chi connectivity index (χ3n) is 4.73. The zero-order valence-electron chi connectivity index (χ0n) is 17.9. The number of aliphatic carboxylic acids is 1. The number of β-lactam (4-membered cyclic amide) rings is 1. The lowest BCUT2D eigenvalue weighted by Crippen LogP contribution is -2.71. The Hall–Kier alpha value is -2.80. The molecule has 2 aromatic heterocycles. The number of amides is 2. The largest absolute Gasteiger partial charge is 0.477 e. The van der Waals surface area contributed by atoms with Crippen molar-refractivity contribution in [2.24, 2.45) is 5.16 Å². The Labute approximate surface area is 214 Å². The summed E-state index contributed by atoms with van der Waals surface area (Å²) in [4.78, 5) is 47.5. The van der Waals surface area contributed by atoms with Crippen LogP contribution >= 0.6 is 46.4 Å². The quantitative estimate of drug-likeness (QED) is 0.124. The fourth-order valence-corrected chi connectivity index (χ4v) is 7.06. The smallest absolute Gasteiger partial charge is 0.352 e. The maximum Gasteiger partial charge on any atom is 0.352 e. The van der Waals surface area contributed by atoms with Crippen LogP contribution < -0.4 is 11.1 Å². The van der Waals surface area contributed by atoms with Gasteiger partial charge in [-0.2, -0.15) is 9.36 Å². The first-order valence-corrected chi connectivity index (χ1v) is 13.4. The van der Waals surface area contributed by atoms with E-state index in [-0.39, 0.29) is 29.0 Å². The fraction of sp³-hybridized carbons (Fsp3) is 0.412. The number of nitrogens with two attached hydrogens (primary N) is 1. The van der Waals surface area contributed by atoms with Crippen LogP contribution in [0.1, 0.15) is 10.8 Å². The van der Waals surface area contributed by atoms with Crippen LogP contribution in [0.3, 0.4) is 0 Å². The molecule has 14 nitrogen and oxygen atoms in total. The van der Waals surface area contributed by atoms with E-state index in [1.807, 2.05) is 0 Å². The number of carboxylic acid groups (broad SMARTS) is 1. The molecule has 4 rings (SSSR count). The minimum Gasteiger partial charge on any atom is -0.477 e. The van der Waals surface area contributed by atoms with Crippen molar-refractivity contribution in [1.82, 2.24) is 29.8 Å². The molecule has 0 aliphatic carbocycles. The number of aliphatic hydroxyl groups is 1. The number of nitrogens with zero attached hydrogens (tertiary/aromatic N) is 6. The second kappa shape index (κ2) is 10.9. The highest BCUT2D eigenvalue weighted by atomic mass is 32.2. The fourth-order valence-electron chi connectivity index (χ4n) is 3.25. The molecule has 1 unspecified atom stereocenters. The monoisotopic (exact) mass is 558 g/mol.